The molecular formula is C14H14N4O4. The van der Waals surface area contributed by atoms with Crippen LogP contribution in [0.5, 0.6) is 17.2 Å². The van der Waals surface area contributed by atoms with Crippen molar-refractivity contribution in [2.45, 2.75) is 0 Å². The van der Waals surface area contributed by atoms with Crippen LogP contribution in [0.1, 0.15) is 0 Å². The van der Waals surface area contributed by atoms with Gasteiger partial charge in [0.15, 0.2) is 17.1 Å². The van der Waals surface area contributed by atoms with Crippen molar-refractivity contribution in [1.29, 1.82) is 0 Å². The van der Waals surface area contributed by atoms with Crippen molar-refractivity contribution in [3.05, 3.63) is 34.7 Å². The SMILES string of the molecule is COc1cc(-c2ccc3n[nH]c(=O)n3n2)cc(OC)c1OC. The van der Waals surface area contributed by atoms with Crippen LogP contribution in [-0.2, 0) is 0 Å². The fraction of sp³-hybridized carbons (Fsp3) is 0.214. The highest BCUT2D eigenvalue weighted by atomic mass is 16.5. The molecule has 0 spiro atoms. The molecule has 0 amide bonds. The van der Waals surface area contributed by atoms with Crippen molar-refractivity contribution in [2.24, 2.45) is 0 Å². The van der Waals surface area contributed by atoms with Gasteiger partial charge < -0.3 is 14.2 Å². The van der Waals surface area contributed by atoms with Crippen molar-refractivity contribution < 1.29 is 14.2 Å². The summed E-state index contributed by atoms with van der Waals surface area (Å²) in [4.78, 5) is 11.6. The van der Waals surface area contributed by atoms with Gasteiger partial charge >= 0.3 is 5.69 Å². The number of H-pyrrole nitrogens is 1. The van der Waals surface area contributed by atoms with Crippen LogP contribution in [0.4, 0.5) is 0 Å². The lowest BCUT2D eigenvalue weighted by atomic mass is 10.1. The number of ether oxygens (including phenoxy) is 3. The van der Waals surface area contributed by atoms with Crippen LogP contribution < -0.4 is 19.9 Å². The zero-order chi connectivity index (χ0) is 15.7. The second-order valence-electron chi connectivity index (χ2n) is 4.43. The summed E-state index contributed by atoms with van der Waals surface area (Å²) < 4.78 is 17.1. The average molecular weight is 302 g/mol. The van der Waals surface area contributed by atoms with Crippen LogP contribution >= 0.6 is 0 Å². The van der Waals surface area contributed by atoms with Gasteiger partial charge in [-0.1, -0.05) is 0 Å². The van der Waals surface area contributed by atoms with Gasteiger partial charge in [-0.3, -0.25) is 0 Å². The molecule has 0 aliphatic carbocycles. The minimum atomic E-state index is -0.399. The third kappa shape index (κ3) is 2.14. The monoisotopic (exact) mass is 302 g/mol. The number of rotatable bonds is 4. The van der Waals surface area contributed by atoms with Gasteiger partial charge in [-0.25, -0.2) is 9.89 Å². The van der Waals surface area contributed by atoms with E-state index in [1.165, 1.54) is 25.8 Å². The third-order valence-electron chi connectivity index (χ3n) is 3.23. The topological polar surface area (TPSA) is 90.7 Å². The Hall–Kier alpha value is -3.03. The van der Waals surface area contributed by atoms with Gasteiger partial charge in [0.05, 0.1) is 27.0 Å². The molecule has 3 rings (SSSR count). The molecule has 0 saturated heterocycles. The average Bonchev–Trinajstić information content (AvgIpc) is 2.94. The van der Waals surface area contributed by atoms with Crippen molar-refractivity contribution in [3.8, 4) is 28.5 Å². The fourth-order valence-electron chi connectivity index (χ4n) is 2.19. The number of aromatic amines is 1. The van der Waals surface area contributed by atoms with E-state index in [2.05, 4.69) is 15.3 Å². The lowest BCUT2D eigenvalue weighted by Crippen LogP contribution is -2.12. The summed E-state index contributed by atoms with van der Waals surface area (Å²) in [6.45, 7) is 0. The summed E-state index contributed by atoms with van der Waals surface area (Å²) in [6.07, 6.45) is 0. The predicted octanol–water partition coefficient (Wildman–Crippen LogP) is 1.11. The summed E-state index contributed by atoms with van der Waals surface area (Å²) in [5.74, 6) is 1.52. The maximum Gasteiger partial charge on any atom is 0.364 e. The van der Waals surface area contributed by atoms with E-state index >= 15 is 0 Å². The Kier molecular flexibility index (Phi) is 3.42. The molecule has 0 fully saturated rings. The molecule has 0 radical (unpaired) electrons. The first-order chi connectivity index (χ1) is 10.7. The van der Waals surface area contributed by atoms with E-state index in [1.54, 1.807) is 24.3 Å². The maximum atomic E-state index is 11.6. The minimum absolute atomic E-state index is 0.399. The number of nitrogens with one attached hydrogen (secondary N) is 1. The van der Waals surface area contributed by atoms with Gasteiger partial charge in [0.25, 0.3) is 0 Å². The largest absolute Gasteiger partial charge is 0.493 e. The number of aromatic nitrogens is 4. The van der Waals surface area contributed by atoms with E-state index in [4.69, 9.17) is 14.2 Å². The molecule has 1 aromatic carbocycles. The molecule has 0 bridgehead atoms. The molecule has 8 nitrogen and oxygen atoms in total. The number of hydrogen-bond donors (Lipinski definition) is 1. The number of nitrogens with zero attached hydrogens (tertiary/aromatic N) is 3. The number of benzene rings is 1. The Morgan fingerprint density at radius 1 is 1.05 bits per heavy atom. The van der Waals surface area contributed by atoms with Gasteiger partial charge in [-0.2, -0.15) is 14.7 Å². The van der Waals surface area contributed by atoms with Gasteiger partial charge in [-0.05, 0) is 24.3 Å². The number of hydrogen-bond acceptors (Lipinski definition) is 6. The lowest BCUT2D eigenvalue weighted by Gasteiger charge is -2.13. The van der Waals surface area contributed by atoms with E-state index in [1.807, 2.05) is 0 Å². The molecule has 114 valence electrons. The van der Waals surface area contributed by atoms with Gasteiger partial charge in [0.2, 0.25) is 5.75 Å². The number of fused-ring (bicyclic) bond motifs is 1. The maximum absolute atomic E-state index is 11.6. The molecule has 3 aromatic rings. The smallest absolute Gasteiger partial charge is 0.364 e. The van der Waals surface area contributed by atoms with Crippen LogP contribution in [-0.4, -0.2) is 41.1 Å². The minimum Gasteiger partial charge on any atom is -0.493 e. The molecule has 2 aromatic heterocycles. The summed E-state index contributed by atoms with van der Waals surface area (Å²) in [5.41, 5.74) is 1.35. The molecule has 8 heteroatoms. The van der Waals surface area contributed by atoms with Crippen molar-refractivity contribution >= 4 is 5.65 Å². The van der Waals surface area contributed by atoms with E-state index in [9.17, 15) is 4.79 Å². The molecule has 0 saturated carbocycles. The molecule has 22 heavy (non-hydrogen) atoms. The number of methoxy groups -OCH3 is 3. The first kappa shape index (κ1) is 13.9. The van der Waals surface area contributed by atoms with Crippen LogP contribution in [0, 0.1) is 0 Å². The standard InChI is InChI=1S/C14H14N4O4/c1-20-10-6-8(7-11(21-2)13(10)22-3)9-4-5-12-15-16-14(19)18(12)17-9/h4-7H,1-3H3,(H,16,19). The Morgan fingerprint density at radius 3 is 2.32 bits per heavy atom. The molecular weight excluding hydrogens is 288 g/mol. The summed E-state index contributed by atoms with van der Waals surface area (Å²) in [6, 6.07) is 6.99. The van der Waals surface area contributed by atoms with Gasteiger partial charge in [-0.15, -0.1) is 0 Å². The second kappa shape index (κ2) is 5.40. The van der Waals surface area contributed by atoms with Crippen LogP contribution in [0.15, 0.2) is 29.1 Å². The normalized spacial score (nSPS) is 10.7. The Balaban J connectivity index is 2.20. The Morgan fingerprint density at radius 2 is 1.73 bits per heavy atom. The van der Waals surface area contributed by atoms with Gasteiger partial charge in [0, 0.05) is 5.56 Å². The highest BCUT2D eigenvalue weighted by molar-refractivity contribution is 5.69. The van der Waals surface area contributed by atoms with E-state index < -0.39 is 5.69 Å². The van der Waals surface area contributed by atoms with Crippen LogP contribution in [0.25, 0.3) is 16.9 Å². The zero-order valence-corrected chi connectivity index (χ0v) is 12.3. The fourth-order valence-corrected chi connectivity index (χ4v) is 2.19. The summed E-state index contributed by atoms with van der Waals surface area (Å²) in [5, 5.41) is 10.5. The highest BCUT2D eigenvalue weighted by Crippen LogP contribution is 2.40. The quantitative estimate of drug-likeness (QED) is 0.776. The van der Waals surface area contributed by atoms with Crippen LogP contribution in [0.2, 0.25) is 0 Å². The zero-order valence-electron chi connectivity index (χ0n) is 12.3. The predicted molar refractivity (Wildman–Crippen MR) is 78.7 cm³/mol. The third-order valence-corrected chi connectivity index (χ3v) is 3.23. The van der Waals surface area contributed by atoms with E-state index in [-0.39, 0.29) is 0 Å². The first-order valence-electron chi connectivity index (χ1n) is 6.42. The van der Waals surface area contributed by atoms with Crippen LogP contribution in [0.3, 0.4) is 0 Å². The molecule has 1 N–H and O–H groups in total. The van der Waals surface area contributed by atoms with Crippen molar-refractivity contribution in [1.82, 2.24) is 19.8 Å². The van der Waals surface area contributed by atoms with Crippen molar-refractivity contribution in [3.63, 3.8) is 0 Å². The molecule has 0 aliphatic heterocycles. The summed E-state index contributed by atoms with van der Waals surface area (Å²) >= 11 is 0. The van der Waals surface area contributed by atoms with Gasteiger partial charge in [0.1, 0.15) is 0 Å². The van der Waals surface area contributed by atoms with Crippen molar-refractivity contribution in [2.75, 3.05) is 21.3 Å². The molecule has 2 heterocycles. The highest BCUT2D eigenvalue weighted by Gasteiger charge is 2.15. The first-order valence-corrected chi connectivity index (χ1v) is 6.42. The lowest BCUT2D eigenvalue weighted by molar-refractivity contribution is 0.324. The second-order valence-corrected chi connectivity index (χ2v) is 4.43. The Bertz CT molecular complexity index is 859. The molecule has 0 atom stereocenters. The summed E-state index contributed by atoms with van der Waals surface area (Å²) in [7, 11) is 4.62. The van der Waals surface area contributed by atoms with E-state index in [0.29, 0.717) is 28.6 Å². The molecule has 0 unspecified atom stereocenters. The Labute approximate surface area is 125 Å². The van der Waals surface area contributed by atoms with E-state index in [0.717, 1.165) is 5.56 Å². The molecule has 0 aliphatic rings.